The van der Waals surface area contributed by atoms with Crippen LogP contribution in [0.2, 0.25) is 0 Å². The number of nitrogens with one attached hydrogen (secondary N) is 1. The molecule has 0 bridgehead atoms. The van der Waals surface area contributed by atoms with Crippen molar-refractivity contribution in [3.05, 3.63) is 29.6 Å². The molecule has 1 aromatic rings. The number of hydrogen-bond acceptors (Lipinski definition) is 4. The van der Waals surface area contributed by atoms with E-state index in [0.717, 1.165) is 43.9 Å². The summed E-state index contributed by atoms with van der Waals surface area (Å²) in [5, 5.41) is 3.29. The van der Waals surface area contributed by atoms with Crippen LogP contribution in [-0.2, 0) is 11.3 Å². The molecule has 28 heavy (non-hydrogen) atoms. The standard InChI is InChI=1S/C22H34FN3O2/c1-16-6-4-5-7-20(16)24-22(27)17(2)26-12-10-25(11-13-26)15-18-14-19(23)8-9-21(18)28-3/h8-9,14,16-17,20H,4-7,10-13,15H2,1-3H3,(H,24,27)/t16-,17-,20+/m1/s1. The number of benzene rings is 1. The summed E-state index contributed by atoms with van der Waals surface area (Å²) in [7, 11) is 1.61. The van der Waals surface area contributed by atoms with Crippen LogP contribution in [0, 0.1) is 11.7 Å². The van der Waals surface area contributed by atoms with Crippen molar-refractivity contribution in [1.29, 1.82) is 0 Å². The molecule has 1 saturated carbocycles. The maximum Gasteiger partial charge on any atom is 0.237 e. The maximum atomic E-state index is 13.6. The first-order chi connectivity index (χ1) is 13.5. The Balaban J connectivity index is 1.49. The maximum absolute atomic E-state index is 13.6. The van der Waals surface area contributed by atoms with Crippen LogP contribution < -0.4 is 10.1 Å². The van der Waals surface area contributed by atoms with Gasteiger partial charge in [-0.2, -0.15) is 0 Å². The molecule has 1 heterocycles. The zero-order chi connectivity index (χ0) is 20.1. The topological polar surface area (TPSA) is 44.8 Å². The second-order valence-electron chi connectivity index (χ2n) is 8.32. The molecular formula is C22H34FN3O2. The molecule has 0 aromatic heterocycles. The van der Waals surface area contributed by atoms with E-state index < -0.39 is 0 Å². The molecule has 1 N–H and O–H groups in total. The Morgan fingerprint density at radius 1 is 1.25 bits per heavy atom. The average molecular weight is 392 g/mol. The third-order valence-corrected chi connectivity index (χ3v) is 6.41. The molecule has 2 fully saturated rings. The van der Waals surface area contributed by atoms with Crippen LogP contribution in [0.3, 0.4) is 0 Å². The first-order valence-electron chi connectivity index (χ1n) is 10.6. The number of methoxy groups -OCH3 is 1. The highest BCUT2D eigenvalue weighted by Crippen LogP contribution is 2.24. The molecule has 3 atom stereocenters. The molecule has 3 rings (SSSR count). The van der Waals surface area contributed by atoms with Crippen molar-refractivity contribution in [1.82, 2.24) is 15.1 Å². The fraction of sp³-hybridized carbons (Fsp3) is 0.682. The van der Waals surface area contributed by atoms with Gasteiger partial charge in [-0.15, -0.1) is 0 Å². The van der Waals surface area contributed by atoms with Crippen molar-refractivity contribution >= 4 is 5.91 Å². The summed E-state index contributed by atoms with van der Waals surface area (Å²) in [5.74, 6) is 1.21. The number of piperazine rings is 1. The van der Waals surface area contributed by atoms with Crippen molar-refractivity contribution in [3.63, 3.8) is 0 Å². The third kappa shape index (κ3) is 5.23. The van der Waals surface area contributed by atoms with E-state index in [-0.39, 0.29) is 17.8 Å². The lowest BCUT2D eigenvalue weighted by atomic mass is 9.86. The molecule has 1 aliphatic carbocycles. The summed E-state index contributed by atoms with van der Waals surface area (Å²) in [5.41, 5.74) is 0.869. The van der Waals surface area contributed by atoms with Gasteiger partial charge in [-0.25, -0.2) is 4.39 Å². The van der Waals surface area contributed by atoms with E-state index in [2.05, 4.69) is 22.0 Å². The molecule has 1 aromatic carbocycles. The fourth-order valence-corrected chi connectivity index (χ4v) is 4.42. The number of hydrogen-bond donors (Lipinski definition) is 1. The normalized spacial score (nSPS) is 25.3. The molecule has 1 amide bonds. The number of nitrogens with zero attached hydrogens (tertiary/aromatic N) is 2. The highest BCUT2D eigenvalue weighted by atomic mass is 19.1. The predicted octanol–water partition coefficient (Wildman–Crippen LogP) is 3.04. The van der Waals surface area contributed by atoms with Crippen LogP contribution in [0.15, 0.2) is 18.2 Å². The van der Waals surface area contributed by atoms with Crippen molar-refractivity contribution in [3.8, 4) is 5.75 Å². The minimum absolute atomic E-state index is 0.111. The zero-order valence-corrected chi connectivity index (χ0v) is 17.4. The number of carbonyl (C=O) groups is 1. The summed E-state index contributed by atoms with van der Waals surface area (Å²) in [6.45, 7) is 8.31. The molecule has 2 aliphatic rings. The second-order valence-corrected chi connectivity index (χ2v) is 8.32. The first kappa shape index (κ1) is 21.1. The number of halogens is 1. The van der Waals surface area contributed by atoms with Gasteiger partial charge in [-0.3, -0.25) is 14.6 Å². The van der Waals surface area contributed by atoms with E-state index in [1.807, 2.05) is 6.92 Å². The molecule has 0 radical (unpaired) electrons. The van der Waals surface area contributed by atoms with Crippen molar-refractivity contribution in [2.45, 2.75) is 58.2 Å². The Morgan fingerprint density at radius 2 is 1.96 bits per heavy atom. The van der Waals surface area contributed by atoms with Crippen LogP contribution in [-0.4, -0.2) is 61.1 Å². The molecule has 6 heteroatoms. The van der Waals surface area contributed by atoms with E-state index in [1.54, 1.807) is 19.2 Å². The molecule has 156 valence electrons. The molecule has 1 aliphatic heterocycles. The van der Waals surface area contributed by atoms with Crippen LogP contribution in [0.4, 0.5) is 4.39 Å². The van der Waals surface area contributed by atoms with Gasteiger partial charge in [-0.1, -0.05) is 19.8 Å². The Labute approximate surface area is 168 Å². The molecule has 0 unspecified atom stereocenters. The second kappa shape index (κ2) is 9.70. The minimum Gasteiger partial charge on any atom is -0.496 e. The van der Waals surface area contributed by atoms with Crippen LogP contribution in [0.5, 0.6) is 5.75 Å². The summed E-state index contributed by atoms with van der Waals surface area (Å²) in [4.78, 5) is 17.3. The summed E-state index contributed by atoms with van der Waals surface area (Å²) in [6, 6.07) is 4.87. The first-order valence-corrected chi connectivity index (χ1v) is 10.6. The Kier molecular flexibility index (Phi) is 7.30. The lowest BCUT2D eigenvalue weighted by Crippen LogP contribution is -2.55. The molecule has 1 saturated heterocycles. The van der Waals surface area contributed by atoms with E-state index in [1.165, 1.54) is 25.3 Å². The summed E-state index contributed by atoms with van der Waals surface area (Å²) < 4.78 is 18.9. The van der Waals surface area contributed by atoms with E-state index in [4.69, 9.17) is 4.74 Å². The quantitative estimate of drug-likeness (QED) is 0.810. The number of carbonyl (C=O) groups excluding carboxylic acids is 1. The van der Waals surface area contributed by atoms with Gasteiger partial charge in [0.1, 0.15) is 11.6 Å². The van der Waals surface area contributed by atoms with Gasteiger partial charge in [0, 0.05) is 44.3 Å². The van der Waals surface area contributed by atoms with Gasteiger partial charge in [0.25, 0.3) is 0 Å². The monoisotopic (exact) mass is 391 g/mol. The summed E-state index contributed by atoms with van der Waals surface area (Å²) in [6.07, 6.45) is 4.80. The van der Waals surface area contributed by atoms with Crippen LogP contribution in [0.1, 0.15) is 45.1 Å². The van der Waals surface area contributed by atoms with Crippen molar-refractivity contribution in [2.75, 3.05) is 33.3 Å². The minimum atomic E-state index is -0.239. The van der Waals surface area contributed by atoms with Gasteiger partial charge in [0.2, 0.25) is 5.91 Å². The number of amides is 1. The lowest BCUT2D eigenvalue weighted by Gasteiger charge is -2.38. The van der Waals surface area contributed by atoms with Gasteiger partial charge >= 0.3 is 0 Å². The number of ether oxygens (including phenoxy) is 1. The van der Waals surface area contributed by atoms with E-state index in [0.29, 0.717) is 18.5 Å². The van der Waals surface area contributed by atoms with Crippen molar-refractivity contribution in [2.24, 2.45) is 5.92 Å². The molecule has 0 spiro atoms. The van der Waals surface area contributed by atoms with Gasteiger partial charge in [0.05, 0.1) is 13.2 Å². The predicted molar refractivity (Wildman–Crippen MR) is 109 cm³/mol. The number of rotatable bonds is 6. The zero-order valence-electron chi connectivity index (χ0n) is 17.4. The van der Waals surface area contributed by atoms with Gasteiger partial charge in [0.15, 0.2) is 0 Å². The molecule has 5 nitrogen and oxygen atoms in total. The fourth-order valence-electron chi connectivity index (χ4n) is 4.42. The Hall–Kier alpha value is -1.66. The highest BCUT2D eigenvalue weighted by Gasteiger charge is 2.29. The Bertz CT molecular complexity index is 661. The summed E-state index contributed by atoms with van der Waals surface area (Å²) >= 11 is 0. The highest BCUT2D eigenvalue weighted by molar-refractivity contribution is 5.81. The van der Waals surface area contributed by atoms with Crippen LogP contribution >= 0.6 is 0 Å². The SMILES string of the molecule is COc1ccc(F)cc1CN1CCN([C@H](C)C(=O)N[C@H]2CCCC[C@H]2C)CC1. The van der Waals surface area contributed by atoms with E-state index in [9.17, 15) is 9.18 Å². The van der Waals surface area contributed by atoms with Crippen molar-refractivity contribution < 1.29 is 13.9 Å². The smallest absolute Gasteiger partial charge is 0.237 e. The van der Waals surface area contributed by atoms with Gasteiger partial charge < -0.3 is 10.1 Å². The third-order valence-electron chi connectivity index (χ3n) is 6.41. The largest absolute Gasteiger partial charge is 0.496 e. The van der Waals surface area contributed by atoms with Gasteiger partial charge in [-0.05, 0) is 43.9 Å². The van der Waals surface area contributed by atoms with Crippen LogP contribution in [0.25, 0.3) is 0 Å². The lowest BCUT2D eigenvalue weighted by molar-refractivity contribution is -0.127. The molecular weight excluding hydrogens is 357 g/mol. The average Bonchev–Trinajstić information content (AvgIpc) is 2.70. The Morgan fingerprint density at radius 3 is 2.64 bits per heavy atom. The van der Waals surface area contributed by atoms with E-state index >= 15 is 0 Å².